The number of halogens is 1. The number of amides is 1. The Bertz CT molecular complexity index is 965. The maximum absolute atomic E-state index is 13.5. The maximum Gasteiger partial charge on any atom is 0.247 e. The zero-order valence-electron chi connectivity index (χ0n) is 15.9. The highest BCUT2D eigenvalue weighted by Gasteiger charge is 2.27. The summed E-state index contributed by atoms with van der Waals surface area (Å²) in [6, 6.07) is 7.87. The van der Waals surface area contributed by atoms with Gasteiger partial charge in [0, 0.05) is 18.8 Å². The molecule has 0 saturated carbocycles. The summed E-state index contributed by atoms with van der Waals surface area (Å²) in [5.41, 5.74) is 0.400. The first-order valence-electron chi connectivity index (χ1n) is 8.04. The van der Waals surface area contributed by atoms with Crippen LogP contribution in [-0.2, 0) is 14.8 Å². The van der Waals surface area contributed by atoms with Crippen LogP contribution >= 0.6 is 0 Å². The second-order valence-corrected chi connectivity index (χ2v) is 7.69. The molecular formula is C18H21FN2O6S. The predicted octanol–water partition coefficient (Wildman–Crippen LogP) is 2.11. The monoisotopic (exact) mass is 412 g/mol. The molecule has 0 radical (unpaired) electrons. The van der Waals surface area contributed by atoms with Gasteiger partial charge >= 0.3 is 0 Å². The van der Waals surface area contributed by atoms with Crippen LogP contribution in [0.25, 0.3) is 0 Å². The first-order chi connectivity index (χ1) is 13.2. The predicted molar refractivity (Wildman–Crippen MR) is 101 cm³/mol. The molecule has 0 spiro atoms. The van der Waals surface area contributed by atoms with E-state index in [1.807, 2.05) is 0 Å². The largest absolute Gasteiger partial charge is 0.495 e. The van der Waals surface area contributed by atoms with Crippen molar-refractivity contribution in [2.45, 2.75) is 4.90 Å². The average molecular weight is 412 g/mol. The van der Waals surface area contributed by atoms with Gasteiger partial charge < -0.3 is 19.5 Å². The fraction of sp³-hybridized carbons (Fsp3) is 0.278. The number of carbonyl (C=O) groups is 1. The number of rotatable bonds is 8. The van der Waals surface area contributed by atoms with Gasteiger partial charge in [-0.05, 0) is 30.3 Å². The van der Waals surface area contributed by atoms with Gasteiger partial charge in [0.1, 0.15) is 16.5 Å². The number of hydrogen-bond acceptors (Lipinski definition) is 6. The minimum atomic E-state index is -4.15. The van der Waals surface area contributed by atoms with Crippen molar-refractivity contribution in [3.8, 4) is 17.2 Å². The minimum absolute atomic E-state index is 0.0199. The van der Waals surface area contributed by atoms with E-state index in [9.17, 15) is 17.6 Å². The molecule has 0 aliphatic heterocycles. The lowest BCUT2D eigenvalue weighted by atomic mass is 10.2. The van der Waals surface area contributed by atoms with E-state index in [2.05, 4.69) is 5.32 Å². The molecule has 0 aliphatic carbocycles. The van der Waals surface area contributed by atoms with Gasteiger partial charge in [-0.15, -0.1) is 0 Å². The van der Waals surface area contributed by atoms with Crippen molar-refractivity contribution in [3.05, 3.63) is 42.2 Å². The Morgan fingerprint density at radius 2 is 1.61 bits per heavy atom. The number of nitrogens with one attached hydrogen (secondary N) is 1. The van der Waals surface area contributed by atoms with Crippen LogP contribution in [0.2, 0.25) is 0 Å². The van der Waals surface area contributed by atoms with Crippen molar-refractivity contribution in [1.82, 2.24) is 4.31 Å². The first-order valence-corrected chi connectivity index (χ1v) is 9.48. The van der Waals surface area contributed by atoms with Gasteiger partial charge in [0.2, 0.25) is 15.9 Å². The van der Waals surface area contributed by atoms with Crippen molar-refractivity contribution >= 4 is 21.6 Å². The molecule has 2 aromatic carbocycles. The van der Waals surface area contributed by atoms with Gasteiger partial charge in [0.15, 0.2) is 11.5 Å². The Hall–Kier alpha value is -2.85. The maximum atomic E-state index is 13.5. The van der Waals surface area contributed by atoms with E-state index in [1.165, 1.54) is 34.4 Å². The summed E-state index contributed by atoms with van der Waals surface area (Å²) in [5, 5.41) is 2.58. The van der Waals surface area contributed by atoms with Crippen LogP contribution in [0.15, 0.2) is 41.3 Å². The molecule has 2 rings (SSSR count). The number of likely N-dealkylation sites (N-methyl/N-ethyl adjacent to an activating group) is 1. The highest BCUT2D eigenvalue weighted by Crippen LogP contribution is 2.30. The van der Waals surface area contributed by atoms with Crippen molar-refractivity contribution in [2.24, 2.45) is 0 Å². The third kappa shape index (κ3) is 4.70. The standard InChI is InChI=1S/C18H21FN2O6S/c1-21(28(23,24)17-9-12(19)5-7-15(17)26-3)11-18(22)20-13-6-8-14(25-2)16(10-13)27-4/h5-10H,11H2,1-4H3,(H,20,22). The van der Waals surface area contributed by atoms with Crippen LogP contribution in [0.5, 0.6) is 17.2 Å². The number of methoxy groups -OCH3 is 3. The molecule has 10 heteroatoms. The van der Waals surface area contributed by atoms with Gasteiger partial charge in [0.05, 0.1) is 27.9 Å². The summed E-state index contributed by atoms with van der Waals surface area (Å²) in [6.45, 7) is -0.490. The molecule has 0 heterocycles. The lowest BCUT2D eigenvalue weighted by Gasteiger charge is -2.19. The van der Waals surface area contributed by atoms with E-state index in [1.54, 1.807) is 18.2 Å². The number of nitrogens with zero attached hydrogens (tertiary/aromatic N) is 1. The number of benzene rings is 2. The molecule has 152 valence electrons. The first kappa shape index (κ1) is 21.5. The molecule has 0 aliphatic rings. The third-order valence-electron chi connectivity index (χ3n) is 3.85. The summed E-state index contributed by atoms with van der Waals surface area (Å²) in [5.74, 6) is -0.450. The highest BCUT2D eigenvalue weighted by atomic mass is 32.2. The van der Waals surface area contributed by atoms with Gasteiger partial charge in [-0.1, -0.05) is 0 Å². The fourth-order valence-corrected chi connectivity index (χ4v) is 3.71. The quantitative estimate of drug-likeness (QED) is 0.714. The molecule has 0 bridgehead atoms. The SMILES string of the molecule is COc1ccc(NC(=O)CN(C)S(=O)(=O)c2cc(F)ccc2OC)cc1OC. The van der Waals surface area contributed by atoms with Crippen LogP contribution in [0.1, 0.15) is 0 Å². The summed E-state index contributed by atoms with van der Waals surface area (Å²) in [6.07, 6.45) is 0. The van der Waals surface area contributed by atoms with Gasteiger partial charge in [-0.3, -0.25) is 4.79 Å². The Morgan fingerprint density at radius 1 is 1.00 bits per heavy atom. The van der Waals surface area contributed by atoms with Crippen LogP contribution in [0.4, 0.5) is 10.1 Å². The molecule has 1 amide bonds. The van der Waals surface area contributed by atoms with E-state index in [0.29, 0.717) is 17.2 Å². The Labute approximate surface area is 162 Å². The third-order valence-corrected chi connectivity index (χ3v) is 5.67. The summed E-state index contributed by atoms with van der Waals surface area (Å²) < 4.78 is 55.0. The van der Waals surface area contributed by atoms with Crippen molar-refractivity contribution in [3.63, 3.8) is 0 Å². The number of anilines is 1. The highest BCUT2D eigenvalue weighted by molar-refractivity contribution is 7.89. The van der Waals surface area contributed by atoms with Crippen molar-refractivity contribution in [2.75, 3.05) is 40.2 Å². The van der Waals surface area contributed by atoms with E-state index >= 15 is 0 Å². The molecule has 0 aromatic heterocycles. The van der Waals surface area contributed by atoms with E-state index < -0.39 is 28.3 Å². The molecule has 0 atom stereocenters. The Kier molecular flexibility index (Phi) is 6.81. The van der Waals surface area contributed by atoms with Crippen LogP contribution in [0, 0.1) is 5.82 Å². The summed E-state index contributed by atoms with van der Waals surface area (Å²) in [7, 11) is 1.28. The molecule has 1 N–H and O–H groups in total. The molecule has 0 fully saturated rings. The molecule has 8 nitrogen and oxygen atoms in total. The summed E-state index contributed by atoms with van der Waals surface area (Å²) in [4.78, 5) is 11.9. The lowest BCUT2D eigenvalue weighted by Crippen LogP contribution is -2.35. The molecule has 0 saturated heterocycles. The van der Waals surface area contributed by atoms with Gasteiger partial charge in [0.25, 0.3) is 0 Å². The number of ether oxygens (including phenoxy) is 3. The topological polar surface area (TPSA) is 94.2 Å². The molecule has 2 aromatic rings. The smallest absolute Gasteiger partial charge is 0.247 e. The average Bonchev–Trinajstić information content (AvgIpc) is 2.67. The zero-order valence-corrected chi connectivity index (χ0v) is 16.7. The fourth-order valence-electron chi connectivity index (χ4n) is 2.42. The summed E-state index contributed by atoms with van der Waals surface area (Å²) >= 11 is 0. The van der Waals surface area contributed by atoms with Crippen LogP contribution < -0.4 is 19.5 Å². The van der Waals surface area contributed by atoms with Crippen LogP contribution in [-0.4, -0.2) is 53.6 Å². The van der Waals surface area contributed by atoms with Gasteiger partial charge in [-0.25, -0.2) is 12.8 Å². The van der Waals surface area contributed by atoms with Crippen LogP contribution in [0.3, 0.4) is 0 Å². The number of carbonyl (C=O) groups excluding carboxylic acids is 1. The second kappa shape index (κ2) is 8.89. The Balaban J connectivity index is 2.17. The second-order valence-electron chi connectivity index (χ2n) is 5.67. The molecule has 0 unspecified atom stereocenters. The van der Waals surface area contributed by atoms with E-state index in [-0.39, 0.29) is 10.6 Å². The number of hydrogen-bond donors (Lipinski definition) is 1. The van der Waals surface area contributed by atoms with Gasteiger partial charge in [-0.2, -0.15) is 4.31 Å². The van der Waals surface area contributed by atoms with Crippen molar-refractivity contribution in [1.29, 1.82) is 0 Å². The minimum Gasteiger partial charge on any atom is -0.495 e. The van der Waals surface area contributed by atoms with Crippen molar-refractivity contribution < 1.29 is 31.8 Å². The molecular weight excluding hydrogens is 391 g/mol. The van der Waals surface area contributed by atoms with E-state index in [4.69, 9.17) is 14.2 Å². The normalized spacial score (nSPS) is 11.2. The molecule has 28 heavy (non-hydrogen) atoms. The van der Waals surface area contributed by atoms with E-state index in [0.717, 1.165) is 16.4 Å². The Morgan fingerprint density at radius 3 is 2.21 bits per heavy atom. The lowest BCUT2D eigenvalue weighted by molar-refractivity contribution is -0.116. The number of sulfonamides is 1. The zero-order chi connectivity index (χ0) is 20.9.